The third-order valence-electron chi connectivity index (χ3n) is 5.26. The van der Waals surface area contributed by atoms with Crippen molar-refractivity contribution in [2.24, 2.45) is 0 Å². The minimum absolute atomic E-state index is 0.0883. The van der Waals surface area contributed by atoms with Crippen LogP contribution in [-0.4, -0.2) is 32.0 Å². The molecule has 4 rings (SSSR count). The van der Waals surface area contributed by atoms with Crippen LogP contribution in [-0.2, 0) is 11.3 Å². The lowest BCUT2D eigenvalue weighted by atomic mass is 10.0. The standard InChI is InChI=1S/C22H21NO5/c1-27-22(26)15-6-4-14(5-7-15)12-19-20(25)16-8-9-18(24)17(21(16)28-19)13-23-10-2-3-11-23/h4-9,12,24H,2-3,10-11,13H2,1H3/b19-12-. The Labute approximate surface area is 163 Å². The fourth-order valence-electron chi connectivity index (χ4n) is 3.74. The molecule has 0 radical (unpaired) electrons. The van der Waals surface area contributed by atoms with E-state index in [-0.39, 0.29) is 17.3 Å². The first kappa shape index (κ1) is 18.3. The van der Waals surface area contributed by atoms with Gasteiger partial charge >= 0.3 is 5.97 Å². The molecule has 1 fully saturated rings. The number of fused-ring (bicyclic) bond motifs is 1. The summed E-state index contributed by atoms with van der Waals surface area (Å²) in [4.78, 5) is 25.6. The molecule has 1 saturated heterocycles. The lowest BCUT2D eigenvalue weighted by Crippen LogP contribution is -3.08. The molecular formula is C22H21NO5. The Morgan fingerprint density at radius 1 is 1.18 bits per heavy atom. The van der Waals surface area contributed by atoms with Crippen molar-refractivity contribution >= 4 is 17.8 Å². The Bertz CT molecular complexity index is 956. The topological polar surface area (TPSA) is 80.1 Å². The first-order valence-electron chi connectivity index (χ1n) is 9.36. The fraction of sp³-hybridized carbons (Fsp3) is 0.273. The molecule has 0 amide bonds. The van der Waals surface area contributed by atoms with Crippen molar-refractivity contribution in [3.63, 3.8) is 0 Å². The van der Waals surface area contributed by atoms with Gasteiger partial charge < -0.3 is 19.5 Å². The summed E-state index contributed by atoms with van der Waals surface area (Å²) < 4.78 is 10.5. The summed E-state index contributed by atoms with van der Waals surface area (Å²) in [6.45, 7) is 2.65. The molecule has 2 aromatic rings. The lowest BCUT2D eigenvalue weighted by Gasteiger charge is -2.19. The molecule has 0 bridgehead atoms. The number of hydrogen-bond acceptors (Lipinski definition) is 5. The van der Waals surface area contributed by atoms with Crippen molar-refractivity contribution in [1.82, 2.24) is 0 Å². The second-order valence-corrected chi connectivity index (χ2v) is 7.11. The molecule has 0 unspecified atom stereocenters. The average molecular weight is 379 g/mol. The normalized spacial score (nSPS) is 17.6. The van der Waals surface area contributed by atoms with E-state index in [9.17, 15) is 14.7 Å². The largest absolute Gasteiger partial charge is 0.872 e. The molecule has 0 spiro atoms. The zero-order chi connectivity index (χ0) is 19.7. The van der Waals surface area contributed by atoms with Gasteiger partial charge in [0.05, 0.1) is 31.3 Å². The number of ether oxygens (including phenoxy) is 2. The number of allylic oxidation sites excluding steroid dienone is 1. The van der Waals surface area contributed by atoms with Crippen molar-refractivity contribution < 1.29 is 29.1 Å². The SMILES string of the molecule is COC(=O)c1ccc(/C=C2\Oc3c(ccc([O-])c3C[NH+]3CCCC3)C2=O)cc1. The predicted molar refractivity (Wildman–Crippen MR) is 100 cm³/mol. The maximum absolute atomic E-state index is 12.7. The van der Waals surface area contributed by atoms with E-state index in [2.05, 4.69) is 4.74 Å². The molecule has 6 heteroatoms. The van der Waals surface area contributed by atoms with Gasteiger partial charge in [-0.1, -0.05) is 23.9 Å². The smallest absolute Gasteiger partial charge is 0.337 e. The maximum atomic E-state index is 12.7. The Hall–Kier alpha value is -3.12. The minimum Gasteiger partial charge on any atom is -0.872 e. The van der Waals surface area contributed by atoms with Crippen LogP contribution in [0.5, 0.6) is 11.5 Å². The minimum atomic E-state index is -0.420. The number of rotatable bonds is 4. The number of quaternary nitrogens is 1. The van der Waals surface area contributed by atoms with Gasteiger partial charge in [-0.2, -0.15) is 0 Å². The molecule has 0 aromatic heterocycles. The molecule has 2 aliphatic heterocycles. The second kappa shape index (κ2) is 7.48. The molecular weight excluding hydrogens is 358 g/mol. The van der Waals surface area contributed by atoms with Crippen molar-refractivity contribution in [3.8, 4) is 11.5 Å². The summed E-state index contributed by atoms with van der Waals surface area (Å²) in [5.41, 5.74) is 2.16. The van der Waals surface area contributed by atoms with Crippen molar-refractivity contribution in [2.45, 2.75) is 19.4 Å². The van der Waals surface area contributed by atoms with Gasteiger partial charge in [0.2, 0.25) is 5.78 Å². The van der Waals surface area contributed by atoms with Gasteiger partial charge in [0.1, 0.15) is 12.3 Å². The number of carbonyl (C=O) groups is 2. The van der Waals surface area contributed by atoms with E-state index in [0.29, 0.717) is 29.0 Å². The van der Waals surface area contributed by atoms with Gasteiger partial charge in [0.15, 0.2) is 5.76 Å². The number of nitrogens with one attached hydrogen (secondary N) is 1. The Morgan fingerprint density at radius 3 is 2.57 bits per heavy atom. The highest BCUT2D eigenvalue weighted by molar-refractivity contribution is 6.15. The molecule has 144 valence electrons. The van der Waals surface area contributed by atoms with E-state index in [0.717, 1.165) is 31.5 Å². The number of likely N-dealkylation sites (tertiary alicyclic amines) is 1. The number of carbonyl (C=O) groups excluding carboxylic acids is 2. The Kier molecular flexibility index (Phi) is 4.88. The zero-order valence-corrected chi connectivity index (χ0v) is 15.6. The molecule has 28 heavy (non-hydrogen) atoms. The predicted octanol–water partition coefficient (Wildman–Crippen LogP) is 1.34. The first-order chi connectivity index (χ1) is 13.6. The second-order valence-electron chi connectivity index (χ2n) is 7.11. The highest BCUT2D eigenvalue weighted by atomic mass is 16.5. The number of hydrogen-bond donors (Lipinski definition) is 1. The van der Waals surface area contributed by atoms with Crippen LogP contribution in [0.15, 0.2) is 42.2 Å². The van der Waals surface area contributed by atoms with Crippen LogP contribution < -0.4 is 14.7 Å². The molecule has 0 saturated carbocycles. The van der Waals surface area contributed by atoms with E-state index < -0.39 is 5.97 Å². The molecule has 2 aliphatic rings. The first-order valence-corrected chi connectivity index (χ1v) is 9.36. The Morgan fingerprint density at radius 2 is 1.89 bits per heavy atom. The summed E-state index contributed by atoms with van der Waals surface area (Å²) in [5.74, 6) is -0.158. The van der Waals surface area contributed by atoms with Crippen LogP contribution in [0.25, 0.3) is 6.08 Å². The van der Waals surface area contributed by atoms with E-state index in [1.54, 1.807) is 36.4 Å². The van der Waals surface area contributed by atoms with E-state index >= 15 is 0 Å². The summed E-state index contributed by atoms with van der Waals surface area (Å²) >= 11 is 0. The van der Waals surface area contributed by atoms with Crippen molar-refractivity contribution in [1.29, 1.82) is 0 Å². The van der Waals surface area contributed by atoms with Gasteiger partial charge in [-0.15, -0.1) is 0 Å². The molecule has 0 atom stereocenters. The number of esters is 1. The summed E-state index contributed by atoms with van der Waals surface area (Å²) in [5, 5.41) is 12.4. The number of benzene rings is 2. The lowest BCUT2D eigenvalue weighted by molar-refractivity contribution is -0.901. The van der Waals surface area contributed by atoms with E-state index in [1.165, 1.54) is 18.1 Å². The third kappa shape index (κ3) is 3.39. The van der Waals surface area contributed by atoms with Gasteiger partial charge in [-0.25, -0.2) is 4.79 Å². The zero-order valence-electron chi connectivity index (χ0n) is 15.6. The molecule has 2 heterocycles. The number of Topliss-reactive ketones (excluding diaryl/α,β-unsaturated/α-hetero) is 1. The van der Waals surface area contributed by atoms with Gasteiger partial charge in [0, 0.05) is 18.4 Å². The summed E-state index contributed by atoms with van der Waals surface area (Å²) in [7, 11) is 1.33. The average Bonchev–Trinajstić information content (AvgIpc) is 3.33. The van der Waals surface area contributed by atoms with Crippen molar-refractivity contribution in [3.05, 3.63) is 64.4 Å². The molecule has 2 aromatic carbocycles. The molecule has 1 N–H and O–H groups in total. The van der Waals surface area contributed by atoms with Crippen LogP contribution in [0.3, 0.4) is 0 Å². The number of methoxy groups -OCH3 is 1. The fourth-order valence-corrected chi connectivity index (χ4v) is 3.74. The van der Waals surface area contributed by atoms with Crippen LogP contribution in [0.4, 0.5) is 0 Å². The molecule has 0 aliphatic carbocycles. The van der Waals surface area contributed by atoms with E-state index in [1.807, 2.05) is 0 Å². The van der Waals surface area contributed by atoms with Gasteiger partial charge in [-0.05, 0) is 29.8 Å². The highest BCUT2D eigenvalue weighted by Gasteiger charge is 2.31. The monoisotopic (exact) mass is 379 g/mol. The number of ketones is 1. The van der Waals surface area contributed by atoms with Crippen LogP contribution >= 0.6 is 0 Å². The Balaban J connectivity index is 1.61. The van der Waals surface area contributed by atoms with Gasteiger partial charge in [-0.3, -0.25) is 4.79 Å². The summed E-state index contributed by atoms with van der Waals surface area (Å²) in [6.07, 6.45) is 3.94. The van der Waals surface area contributed by atoms with Crippen LogP contribution in [0, 0.1) is 0 Å². The van der Waals surface area contributed by atoms with E-state index in [4.69, 9.17) is 4.74 Å². The summed E-state index contributed by atoms with van der Waals surface area (Å²) in [6, 6.07) is 9.69. The van der Waals surface area contributed by atoms with Crippen LogP contribution in [0.2, 0.25) is 0 Å². The van der Waals surface area contributed by atoms with Crippen molar-refractivity contribution in [2.75, 3.05) is 20.2 Å². The van der Waals surface area contributed by atoms with Crippen LogP contribution in [0.1, 0.15) is 44.7 Å². The maximum Gasteiger partial charge on any atom is 0.337 e. The highest BCUT2D eigenvalue weighted by Crippen LogP contribution is 2.38. The quantitative estimate of drug-likeness (QED) is 0.641. The van der Waals surface area contributed by atoms with Gasteiger partial charge in [0.25, 0.3) is 0 Å². The third-order valence-corrected chi connectivity index (χ3v) is 5.26. The molecule has 6 nitrogen and oxygen atoms in total.